The van der Waals surface area contributed by atoms with Crippen molar-refractivity contribution in [2.45, 2.75) is 12.5 Å². The number of hydrogen-bond acceptors (Lipinski definition) is 8. The maximum atomic E-state index is 12.0. The van der Waals surface area contributed by atoms with Crippen LogP contribution in [-0.4, -0.2) is 80.0 Å². The molecule has 0 spiro atoms. The molecular formula is C14H20N4O5S. The van der Waals surface area contributed by atoms with Gasteiger partial charge >= 0.3 is 5.97 Å². The fourth-order valence-corrected chi connectivity index (χ4v) is 4.10. The summed E-state index contributed by atoms with van der Waals surface area (Å²) in [7, 11) is 0.0783. The fraction of sp³-hybridized carbons (Fsp3) is 0.571. The van der Waals surface area contributed by atoms with Gasteiger partial charge in [0.05, 0.1) is 11.5 Å². The van der Waals surface area contributed by atoms with Crippen molar-refractivity contribution in [3.63, 3.8) is 0 Å². The second-order valence-electron chi connectivity index (χ2n) is 5.63. The Hall–Kier alpha value is -2.23. The molecule has 2 heterocycles. The van der Waals surface area contributed by atoms with Crippen molar-refractivity contribution >= 4 is 27.7 Å². The quantitative estimate of drug-likeness (QED) is 0.603. The first-order valence-corrected chi connectivity index (χ1v) is 9.20. The lowest BCUT2D eigenvalue weighted by molar-refractivity contribution is -0.151. The Kier molecular flexibility index (Phi) is 5.71. The van der Waals surface area contributed by atoms with Crippen LogP contribution in [0.5, 0.6) is 0 Å². The third kappa shape index (κ3) is 4.88. The molecule has 0 aromatic carbocycles. The van der Waals surface area contributed by atoms with Gasteiger partial charge in [0.25, 0.3) is 5.91 Å². The zero-order chi connectivity index (χ0) is 17.7. The summed E-state index contributed by atoms with van der Waals surface area (Å²) in [5.41, 5.74) is 0. The number of aromatic nitrogens is 2. The third-order valence-corrected chi connectivity index (χ3v) is 5.52. The largest absolute Gasteiger partial charge is 0.454 e. The number of esters is 1. The van der Waals surface area contributed by atoms with Crippen LogP contribution in [0.2, 0.25) is 0 Å². The van der Waals surface area contributed by atoms with Gasteiger partial charge < -0.3 is 14.5 Å². The Morgan fingerprint density at radius 3 is 2.54 bits per heavy atom. The first-order valence-electron chi connectivity index (χ1n) is 7.38. The van der Waals surface area contributed by atoms with E-state index in [0.29, 0.717) is 12.4 Å². The standard InChI is InChI=1S/C14H20N4O5S/c1-17(14-15-5-3-6-16-14)8-13(20)23-9-12(19)18(2)11-4-7-24(21,22)10-11/h3,5-6,11H,4,7-10H2,1-2H3/t11-/m0/s1. The van der Waals surface area contributed by atoms with E-state index in [1.807, 2.05) is 0 Å². The van der Waals surface area contributed by atoms with Crippen LogP contribution in [0, 0.1) is 0 Å². The van der Waals surface area contributed by atoms with E-state index in [1.165, 1.54) is 16.8 Å². The monoisotopic (exact) mass is 356 g/mol. The van der Waals surface area contributed by atoms with E-state index in [0.717, 1.165) is 0 Å². The predicted molar refractivity (Wildman–Crippen MR) is 86.1 cm³/mol. The van der Waals surface area contributed by atoms with Crippen molar-refractivity contribution in [3.05, 3.63) is 18.5 Å². The van der Waals surface area contributed by atoms with Crippen molar-refractivity contribution in [1.82, 2.24) is 14.9 Å². The third-order valence-electron chi connectivity index (χ3n) is 3.77. The van der Waals surface area contributed by atoms with Gasteiger partial charge in [0.1, 0.15) is 6.54 Å². The summed E-state index contributed by atoms with van der Waals surface area (Å²) in [5, 5.41) is 0. The highest BCUT2D eigenvalue weighted by atomic mass is 32.2. The number of anilines is 1. The topological polar surface area (TPSA) is 110 Å². The van der Waals surface area contributed by atoms with Gasteiger partial charge in [-0.2, -0.15) is 0 Å². The van der Waals surface area contributed by atoms with Crippen LogP contribution in [0.1, 0.15) is 6.42 Å². The molecule has 0 saturated carbocycles. The summed E-state index contributed by atoms with van der Waals surface area (Å²) < 4.78 is 27.9. The van der Waals surface area contributed by atoms with Gasteiger partial charge in [-0.3, -0.25) is 9.59 Å². The van der Waals surface area contributed by atoms with Crippen LogP contribution in [0.15, 0.2) is 18.5 Å². The molecule has 1 fully saturated rings. The Morgan fingerprint density at radius 2 is 1.96 bits per heavy atom. The number of sulfone groups is 1. The number of carbonyl (C=O) groups excluding carboxylic acids is 2. The van der Waals surface area contributed by atoms with Crippen LogP contribution < -0.4 is 4.90 Å². The normalized spacial score (nSPS) is 18.8. The molecule has 24 heavy (non-hydrogen) atoms. The smallest absolute Gasteiger partial charge is 0.326 e. The first kappa shape index (κ1) is 18.1. The van der Waals surface area contributed by atoms with Crippen molar-refractivity contribution in [2.75, 3.05) is 43.7 Å². The number of carbonyl (C=O) groups is 2. The molecule has 10 heteroatoms. The summed E-state index contributed by atoms with van der Waals surface area (Å²) in [6.07, 6.45) is 3.52. The Bertz CT molecular complexity index is 694. The summed E-state index contributed by atoms with van der Waals surface area (Å²) in [6, 6.07) is 1.30. The van der Waals surface area contributed by atoms with E-state index in [-0.39, 0.29) is 24.1 Å². The van der Waals surface area contributed by atoms with Crippen LogP contribution in [0.4, 0.5) is 5.95 Å². The van der Waals surface area contributed by atoms with E-state index >= 15 is 0 Å². The summed E-state index contributed by atoms with van der Waals surface area (Å²) >= 11 is 0. The Labute approximate surface area is 140 Å². The highest BCUT2D eigenvalue weighted by Gasteiger charge is 2.32. The molecule has 1 aliphatic rings. The van der Waals surface area contributed by atoms with Gasteiger partial charge in [-0.15, -0.1) is 0 Å². The number of likely N-dealkylation sites (N-methyl/N-ethyl adjacent to an activating group) is 2. The second kappa shape index (κ2) is 7.56. The van der Waals surface area contributed by atoms with Crippen molar-refractivity contribution in [2.24, 2.45) is 0 Å². The minimum atomic E-state index is -3.07. The predicted octanol–water partition coefficient (Wildman–Crippen LogP) is -0.898. The summed E-state index contributed by atoms with van der Waals surface area (Å²) in [6.45, 7) is -0.520. The highest BCUT2D eigenvalue weighted by Crippen LogP contribution is 2.16. The van der Waals surface area contributed by atoms with Crippen LogP contribution in [-0.2, 0) is 24.2 Å². The molecule has 0 unspecified atom stereocenters. The van der Waals surface area contributed by atoms with Crippen molar-refractivity contribution in [1.29, 1.82) is 0 Å². The van der Waals surface area contributed by atoms with E-state index < -0.39 is 28.3 Å². The van der Waals surface area contributed by atoms with Crippen molar-refractivity contribution in [3.8, 4) is 0 Å². The van der Waals surface area contributed by atoms with E-state index in [4.69, 9.17) is 4.74 Å². The number of hydrogen-bond donors (Lipinski definition) is 0. The van der Waals surface area contributed by atoms with E-state index in [2.05, 4.69) is 9.97 Å². The molecule has 1 atom stereocenters. The Balaban J connectivity index is 1.78. The lowest BCUT2D eigenvalue weighted by Crippen LogP contribution is -2.41. The lowest BCUT2D eigenvalue weighted by atomic mass is 10.2. The lowest BCUT2D eigenvalue weighted by Gasteiger charge is -2.23. The van der Waals surface area contributed by atoms with E-state index in [1.54, 1.807) is 25.5 Å². The van der Waals surface area contributed by atoms with Gasteiger partial charge in [0, 0.05) is 32.5 Å². The molecule has 1 amide bonds. The molecule has 0 aliphatic carbocycles. The zero-order valence-electron chi connectivity index (χ0n) is 13.6. The molecule has 1 saturated heterocycles. The molecule has 0 N–H and O–H groups in total. The maximum Gasteiger partial charge on any atom is 0.326 e. The van der Waals surface area contributed by atoms with E-state index in [9.17, 15) is 18.0 Å². The SMILES string of the molecule is CN(CC(=O)OCC(=O)N(C)[C@H]1CCS(=O)(=O)C1)c1ncccn1. The highest BCUT2D eigenvalue weighted by molar-refractivity contribution is 7.91. The van der Waals surface area contributed by atoms with Gasteiger partial charge in [-0.05, 0) is 12.5 Å². The minimum absolute atomic E-state index is 0.0444. The first-order chi connectivity index (χ1) is 11.3. The van der Waals surface area contributed by atoms with Crippen LogP contribution >= 0.6 is 0 Å². The second-order valence-corrected chi connectivity index (χ2v) is 7.86. The number of nitrogens with zero attached hydrogens (tertiary/aromatic N) is 4. The molecule has 9 nitrogen and oxygen atoms in total. The Morgan fingerprint density at radius 1 is 1.29 bits per heavy atom. The van der Waals surface area contributed by atoms with Crippen LogP contribution in [0.3, 0.4) is 0 Å². The maximum absolute atomic E-state index is 12.0. The molecular weight excluding hydrogens is 336 g/mol. The summed E-state index contributed by atoms with van der Waals surface area (Å²) in [4.78, 5) is 34.6. The molecule has 1 aromatic heterocycles. The van der Waals surface area contributed by atoms with Gasteiger partial charge in [-0.25, -0.2) is 18.4 Å². The molecule has 2 rings (SSSR count). The average Bonchev–Trinajstić information content (AvgIpc) is 2.92. The number of ether oxygens (including phenoxy) is 1. The summed E-state index contributed by atoms with van der Waals surface area (Å²) in [5.74, 6) is -0.613. The van der Waals surface area contributed by atoms with Crippen LogP contribution in [0.25, 0.3) is 0 Å². The minimum Gasteiger partial charge on any atom is -0.454 e. The van der Waals surface area contributed by atoms with Gasteiger partial charge in [0.2, 0.25) is 5.95 Å². The molecule has 0 bridgehead atoms. The van der Waals surface area contributed by atoms with Gasteiger partial charge in [-0.1, -0.05) is 0 Å². The fourth-order valence-electron chi connectivity index (χ4n) is 2.33. The number of amides is 1. The molecule has 0 radical (unpaired) electrons. The average molecular weight is 356 g/mol. The van der Waals surface area contributed by atoms with Gasteiger partial charge in [0.15, 0.2) is 16.4 Å². The number of rotatable bonds is 6. The molecule has 1 aromatic rings. The molecule has 132 valence electrons. The van der Waals surface area contributed by atoms with Crippen molar-refractivity contribution < 1.29 is 22.7 Å². The molecule has 1 aliphatic heterocycles. The zero-order valence-corrected chi connectivity index (χ0v) is 14.4.